The van der Waals surface area contributed by atoms with Crippen molar-refractivity contribution < 1.29 is 5.11 Å². The van der Waals surface area contributed by atoms with Crippen molar-refractivity contribution in [1.29, 1.82) is 0 Å². The largest absolute Gasteiger partial charge is 0.508 e. The zero-order chi connectivity index (χ0) is 13.3. The highest BCUT2D eigenvalue weighted by molar-refractivity contribution is 6.11. The molecule has 0 saturated heterocycles. The number of rotatable bonds is 2. The summed E-state index contributed by atoms with van der Waals surface area (Å²) >= 11 is 0. The molecule has 18 heavy (non-hydrogen) atoms. The van der Waals surface area contributed by atoms with Crippen LogP contribution in [0.1, 0.15) is 30.9 Å². The molecule has 0 atom stereocenters. The van der Waals surface area contributed by atoms with Crippen molar-refractivity contribution in [2.75, 3.05) is 7.05 Å². The van der Waals surface area contributed by atoms with E-state index in [4.69, 9.17) is 0 Å². The fraction of sp³-hybridized carbons (Fsp3) is 0.267. The van der Waals surface area contributed by atoms with E-state index in [0.29, 0.717) is 11.7 Å². The summed E-state index contributed by atoms with van der Waals surface area (Å²) in [4.78, 5) is 0. The number of hydrazone groups is 1. The number of benzene rings is 1. The van der Waals surface area contributed by atoms with Crippen LogP contribution in [0.15, 0.2) is 41.7 Å². The molecular formula is C15H18N2O. The lowest BCUT2D eigenvalue weighted by Crippen LogP contribution is -2.12. The van der Waals surface area contributed by atoms with E-state index in [2.05, 4.69) is 25.5 Å². The fourth-order valence-corrected chi connectivity index (χ4v) is 1.90. The number of allylic oxidation sites excluding steroid dienone is 2. The average molecular weight is 242 g/mol. The highest BCUT2D eigenvalue weighted by Gasteiger charge is 2.11. The maximum Gasteiger partial charge on any atom is 0.119 e. The third kappa shape index (κ3) is 2.30. The Morgan fingerprint density at radius 2 is 2.06 bits per heavy atom. The molecule has 94 valence electrons. The SMILES string of the molecule is C=C1C=C(c2ccc(C(C)C)c(O)c2)C=NN1C. The highest BCUT2D eigenvalue weighted by Crippen LogP contribution is 2.29. The van der Waals surface area contributed by atoms with Crippen LogP contribution < -0.4 is 0 Å². The first kappa shape index (κ1) is 12.4. The molecule has 0 radical (unpaired) electrons. The molecule has 1 aromatic carbocycles. The second kappa shape index (κ2) is 4.69. The molecule has 1 N–H and O–H groups in total. The average Bonchev–Trinajstić information content (AvgIpc) is 2.32. The predicted molar refractivity (Wildman–Crippen MR) is 75.6 cm³/mol. The first-order valence-corrected chi connectivity index (χ1v) is 6.00. The minimum absolute atomic E-state index is 0.314. The van der Waals surface area contributed by atoms with Gasteiger partial charge in [-0.2, -0.15) is 5.10 Å². The van der Waals surface area contributed by atoms with Crippen molar-refractivity contribution in [2.45, 2.75) is 19.8 Å². The van der Waals surface area contributed by atoms with Gasteiger partial charge in [0, 0.05) is 12.6 Å². The minimum atomic E-state index is 0.314. The maximum absolute atomic E-state index is 10.0. The Labute approximate surface area is 108 Å². The summed E-state index contributed by atoms with van der Waals surface area (Å²) in [5.74, 6) is 0.649. The summed E-state index contributed by atoms with van der Waals surface area (Å²) in [6.07, 6.45) is 3.73. The van der Waals surface area contributed by atoms with E-state index in [9.17, 15) is 5.11 Å². The van der Waals surface area contributed by atoms with Gasteiger partial charge < -0.3 is 5.11 Å². The minimum Gasteiger partial charge on any atom is -0.508 e. The zero-order valence-electron chi connectivity index (χ0n) is 11.0. The Morgan fingerprint density at radius 3 is 2.61 bits per heavy atom. The third-order valence-corrected chi connectivity index (χ3v) is 3.09. The van der Waals surface area contributed by atoms with E-state index in [1.54, 1.807) is 17.3 Å². The summed E-state index contributed by atoms with van der Waals surface area (Å²) in [7, 11) is 1.85. The van der Waals surface area contributed by atoms with Crippen LogP contribution in [0, 0.1) is 0 Å². The lowest BCUT2D eigenvalue weighted by molar-refractivity contribution is 0.462. The number of hydrogen-bond donors (Lipinski definition) is 1. The molecule has 0 bridgehead atoms. The molecule has 1 aromatic rings. The second-order valence-electron chi connectivity index (χ2n) is 4.79. The molecule has 1 aliphatic rings. The summed E-state index contributed by atoms with van der Waals surface area (Å²) in [5.41, 5.74) is 3.71. The standard InChI is InChI=1S/C15H18N2O/c1-10(2)14-6-5-12(8-15(14)18)13-7-11(3)17(4)16-9-13/h5-10,18H,3H2,1-2,4H3. The Bertz CT molecular complexity index is 541. The van der Waals surface area contributed by atoms with Gasteiger partial charge in [0.05, 0.1) is 11.9 Å². The number of likely N-dealkylation sites (N-methyl/N-ethyl adjacent to an activating group) is 1. The smallest absolute Gasteiger partial charge is 0.119 e. The van der Waals surface area contributed by atoms with E-state index in [-0.39, 0.29) is 0 Å². The fourth-order valence-electron chi connectivity index (χ4n) is 1.90. The van der Waals surface area contributed by atoms with Gasteiger partial charge >= 0.3 is 0 Å². The van der Waals surface area contributed by atoms with Crippen molar-refractivity contribution >= 4 is 11.8 Å². The van der Waals surface area contributed by atoms with Crippen molar-refractivity contribution in [1.82, 2.24) is 5.01 Å². The summed E-state index contributed by atoms with van der Waals surface area (Å²) < 4.78 is 0. The van der Waals surface area contributed by atoms with E-state index < -0.39 is 0 Å². The maximum atomic E-state index is 10.0. The van der Waals surface area contributed by atoms with Crippen molar-refractivity contribution in [2.24, 2.45) is 5.10 Å². The zero-order valence-corrected chi connectivity index (χ0v) is 11.0. The molecule has 0 saturated carbocycles. The van der Waals surface area contributed by atoms with Crippen LogP contribution in [0.2, 0.25) is 0 Å². The molecule has 0 aromatic heterocycles. The monoisotopic (exact) mass is 242 g/mol. The van der Waals surface area contributed by atoms with Crippen LogP contribution in [-0.2, 0) is 0 Å². The van der Waals surface area contributed by atoms with E-state index >= 15 is 0 Å². The van der Waals surface area contributed by atoms with Gasteiger partial charge in [-0.05, 0) is 29.2 Å². The van der Waals surface area contributed by atoms with Crippen LogP contribution in [0.5, 0.6) is 5.75 Å². The molecule has 3 nitrogen and oxygen atoms in total. The quantitative estimate of drug-likeness (QED) is 0.863. The van der Waals surface area contributed by atoms with E-state index in [1.165, 1.54) is 0 Å². The Kier molecular flexibility index (Phi) is 3.24. The lowest BCUT2D eigenvalue weighted by Gasteiger charge is -2.19. The molecule has 0 amide bonds. The summed E-state index contributed by atoms with van der Waals surface area (Å²) in [6, 6.07) is 5.75. The molecule has 2 rings (SSSR count). The number of hydrogen-bond acceptors (Lipinski definition) is 3. The topological polar surface area (TPSA) is 35.8 Å². The molecular weight excluding hydrogens is 224 g/mol. The summed E-state index contributed by atoms with van der Waals surface area (Å²) in [6.45, 7) is 8.04. The van der Waals surface area contributed by atoms with Crippen LogP contribution in [0.3, 0.4) is 0 Å². The number of aromatic hydroxyl groups is 1. The van der Waals surface area contributed by atoms with Crippen LogP contribution in [0.25, 0.3) is 5.57 Å². The van der Waals surface area contributed by atoms with Gasteiger partial charge in [0.25, 0.3) is 0 Å². The van der Waals surface area contributed by atoms with Crippen molar-refractivity contribution in [3.05, 3.63) is 47.7 Å². The lowest BCUT2D eigenvalue weighted by atomic mass is 9.97. The van der Waals surface area contributed by atoms with Gasteiger partial charge in [-0.25, -0.2) is 0 Å². The summed E-state index contributed by atoms with van der Waals surface area (Å²) in [5, 5.41) is 15.9. The van der Waals surface area contributed by atoms with Gasteiger partial charge in [0.15, 0.2) is 0 Å². The normalized spacial score (nSPS) is 15.2. The Balaban J connectivity index is 2.36. The van der Waals surface area contributed by atoms with Crippen molar-refractivity contribution in [3.63, 3.8) is 0 Å². The van der Waals surface area contributed by atoms with E-state index in [0.717, 1.165) is 22.4 Å². The number of nitrogens with zero attached hydrogens (tertiary/aromatic N) is 2. The van der Waals surface area contributed by atoms with Crippen LogP contribution >= 0.6 is 0 Å². The molecule has 3 heteroatoms. The van der Waals surface area contributed by atoms with E-state index in [1.807, 2.05) is 25.3 Å². The highest BCUT2D eigenvalue weighted by atomic mass is 16.3. The van der Waals surface area contributed by atoms with Crippen LogP contribution in [-0.4, -0.2) is 23.4 Å². The molecule has 0 aliphatic carbocycles. The van der Waals surface area contributed by atoms with Gasteiger partial charge in [0.1, 0.15) is 5.75 Å². The van der Waals surface area contributed by atoms with Gasteiger partial charge in [0.2, 0.25) is 0 Å². The predicted octanol–water partition coefficient (Wildman–Crippen LogP) is 3.34. The Morgan fingerprint density at radius 1 is 1.33 bits per heavy atom. The van der Waals surface area contributed by atoms with Gasteiger partial charge in [-0.3, -0.25) is 5.01 Å². The first-order valence-electron chi connectivity index (χ1n) is 6.00. The molecule has 0 unspecified atom stereocenters. The van der Waals surface area contributed by atoms with Crippen LogP contribution in [0.4, 0.5) is 0 Å². The molecule has 0 spiro atoms. The third-order valence-electron chi connectivity index (χ3n) is 3.09. The molecule has 1 heterocycles. The molecule has 0 fully saturated rings. The number of phenolic OH excluding ortho intramolecular Hbond substituents is 1. The van der Waals surface area contributed by atoms with Gasteiger partial charge in [-0.15, -0.1) is 0 Å². The van der Waals surface area contributed by atoms with Crippen molar-refractivity contribution in [3.8, 4) is 5.75 Å². The van der Waals surface area contributed by atoms with Gasteiger partial charge in [-0.1, -0.05) is 32.6 Å². The molecule has 1 aliphatic heterocycles. The second-order valence-corrected chi connectivity index (χ2v) is 4.79. The first-order chi connectivity index (χ1) is 8.49. The Hall–Kier alpha value is -2.03. The number of phenols is 1.